The molecule has 0 fully saturated rings. The highest BCUT2D eigenvalue weighted by molar-refractivity contribution is 7.92. The van der Waals surface area contributed by atoms with Gasteiger partial charge in [0.25, 0.3) is 0 Å². The molecule has 2 aromatic rings. The second kappa shape index (κ2) is 7.55. The van der Waals surface area contributed by atoms with Crippen molar-refractivity contribution in [2.45, 2.75) is 53.4 Å². The van der Waals surface area contributed by atoms with Crippen molar-refractivity contribution in [2.75, 3.05) is 11.0 Å². The average molecular weight is 390 g/mol. The van der Waals surface area contributed by atoms with Gasteiger partial charge in [-0.2, -0.15) is 0 Å². The molecule has 0 amide bonds. The van der Waals surface area contributed by atoms with Gasteiger partial charge in [0.1, 0.15) is 11.5 Å². The molecule has 4 nitrogen and oxygen atoms in total. The summed E-state index contributed by atoms with van der Waals surface area (Å²) in [5.41, 5.74) is 3.00. The molecule has 0 aliphatic carbocycles. The van der Waals surface area contributed by atoms with E-state index in [0.29, 0.717) is 11.4 Å². The number of hydrogen-bond donors (Lipinski definition) is 1. The molecule has 0 aromatic heterocycles. The van der Waals surface area contributed by atoms with E-state index >= 15 is 0 Å². The second-order valence-corrected chi connectivity index (χ2v) is 10.8. The number of nitrogens with one attached hydrogen (secondary N) is 1. The Kier molecular flexibility index (Phi) is 5.95. The molecule has 2 aromatic carbocycles. The molecule has 5 heteroatoms. The zero-order valence-corrected chi connectivity index (χ0v) is 18.2. The van der Waals surface area contributed by atoms with Crippen molar-refractivity contribution in [1.29, 1.82) is 0 Å². The van der Waals surface area contributed by atoms with Crippen molar-refractivity contribution in [3.05, 3.63) is 53.6 Å². The molecule has 0 spiro atoms. The third-order valence-electron chi connectivity index (χ3n) is 4.34. The van der Waals surface area contributed by atoms with Crippen LogP contribution in [0.5, 0.6) is 11.5 Å². The van der Waals surface area contributed by atoms with Crippen LogP contribution in [0.2, 0.25) is 0 Å². The fourth-order valence-corrected chi connectivity index (χ4v) is 4.18. The zero-order chi connectivity index (χ0) is 20.5. The lowest BCUT2D eigenvalue weighted by Gasteiger charge is -2.33. The third kappa shape index (κ3) is 6.58. The van der Waals surface area contributed by atoms with E-state index in [1.165, 1.54) is 5.56 Å². The zero-order valence-electron chi connectivity index (χ0n) is 17.4. The van der Waals surface area contributed by atoms with Gasteiger partial charge in [-0.05, 0) is 65.6 Å². The molecule has 27 heavy (non-hydrogen) atoms. The van der Waals surface area contributed by atoms with Crippen molar-refractivity contribution < 1.29 is 13.2 Å². The van der Waals surface area contributed by atoms with Gasteiger partial charge in [-0.15, -0.1) is 0 Å². The predicted molar refractivity (Wildman–Crippen MR) is 113 cm³/mol. The van der Waals surface area contributed by atoms with E-state index in [1.807, 2.05) is 25.1 Å². The Hall–Kier alpha value is -2.01. The molecule has 0 aliphatic heterocycles. The number of anilines is 1. The van der Waals surface area contributed by atoms with Gasteiger partial charge in [0.2, 0.25) is 10.0 Å². The van der Waals surface area contributed by atoms with Gasteiger partial charge < -0.3 is 4.74 Å². The molecule has 0 radical (unpaired) electrons. The average Bonchev–Trinajstić information content (AvgIpc) is 2.47. The maximum absolute atomic E-state index is 11.4. The summed E-state index contributed by atoms with van der Waals surface area (Å²) >= 11 is 0. The summed E-state index contributed by atoms with van der Waals surface area (Å²) < 4.78 is 31.2. The van der Waals surface area contributed by atoms with Crippen LogP contribution in [0.4, 0.5) is 5.69 Å². The van der Waals surface area contributed by atoms with Crippen molar-refractivity contribution in [1.82, 2.24) is 0 Å². The van der Waals surface area contributed by atoms with Gasteiger partial charge in [0, 0.05) is 0 Å². The van der Waals surface area contributed by atoms with Crippen LogP contribution in [0.25, 0.3) is 0 Å². The summed E-state index contributed by atoms with van der Waals surface area (Å²) in [6.45, 7) is 13.2. The SMILES string of the molecule is Cc1cc(Oc2ccc(C(C)(C)CC(C)(C)C)cc2)ccc1NS(C)(=O)=O. The number of rotatable bonds is 6. The minimum absolute atomic E-state index is 0.0896. The first-order valence-corrected chi connectivity index (χ1v) is 11.0. The van der Waals surface area contributed by atoms with Gasteiger partial charge in [-0.3, -0.25) is 4.72 Å². The molecule has 0 aliphatic rings. The van der Waals surface area contributed by atoms with E-state index in [2.05, 4.69) is 51.5 Å². The number of benzene rings is 2. The van der Waals surface area contributed by atoms with E-state index in [9.17, 15) is 8.42 Å². The van der Waals surface area contributed by atoms with Gasteiger partial charge in [0.15, 0.2) is 0 Å². The molecule has 1 N–H and O–H groups in total. The lowest BCUT2D eigenvalue weighted by atomic mass is 9.72. The Morgan fingerprint density at radius 3 is 1.96 bits per heavy atom. The van der Waals surface area contributed by atoms with E-state index in [1.54, 1.807) is 12.1 Å². The second-order valence-electron chi connectivity index (χ2n) is 9.10. The quantitative estimate of drug-likeness (QED) is 0.672. The third-order valence-corrected chi connectivity index (χ3v) is 4.93. The van der Waals surface area contributed by atoms with Crippen LogP contribution in [0.15, 0.2) is 42.5 Å². The van der Waals surface area contributed by atoms with Crippen LogP contribution < -0.4 is 9.46 Å². The van der Waals surface area contributed by atoms with E-state index < -0.39 is 10.0 Å². The summed E-state index contributed by atoms with van der Waals surface area (Å²) in [7, 11) is -3.29. The van der Waals surface area contributed by atoms with E-state index in [4.69, 9.17) is 4.74 Å². The summed E-state index contributed by atoms with van der Waals surface area (Å²) in [5, 5.41) is 0. The molecule has 0 bridgehead atoms. The highest BCUT2D eigenvalue weighted by atomic mass is 32.2. The predicted octanol–water partition coefficient (Wildman–Crippen LogP) is 5.87. The molecule has 0 heterocycles. The van der Waals surface area contributed by atoms with Gasteiger partial charge in [0.05, 0.1) is 11.9 Å². The van der Waals surface area contributed by atoms with Gasteiger partial charge in [-0.25, -0.2) is 8.42 Å². The Labute approximate surface area is 164 Å². The fourth-order valence-electron chi connectivity index (χ4n) is 3.55. The van der Waals surface area contributed by atoms with Crippen LogP contribution >= 0.6 is 0 Å². The van der Waals surface area contributed by atoms with E-state index in [-0.39, 0.29) is 10.8 Å². The summed E-state index contributed by atoms with van der Waals surface area (Å²) in [5.74, 6) is 1.43. The van der Waals surface area contributed by atoms with Crippen LogP contribution in [0, 0.1) is 12.3 Å². The first-order chi connectivity index (χ1) is 12.3. The Morgan fingerprint density at radius 2 is 1.48 bits per heavy atom. The molecule has 148 valence electrons. The van der Waals surface area contributed by atoms with Gasteiger partial charge >= 0.3 is 0 Å². The van der Waals surface area contributed by atoms with Crippen LogP contribution in [0.3, 0.4) is 0 Å². The van der Waals surface area contributed by atoms with Crippen LogP contribution in [-0.4, -0.2) is 14.7 Å². The fraction of sp³-hybridized carbons (Fsp3) is 0.455. The smallest absolute Gasteiger partial charge is 0.229 e. The summed E-state index contributed by atoms with van der Waals surface area (Å²) in [6, 6.07) is 13.5. The molecular weight excluding hydrogens is 358 g/mol. The van der Waals surface area contributed by atoms with Crippen LogP contribution in [-0.2, 0) is 15.4 Å². The van der Waals surface area contributed by atoms with Gasteiger partial charge in [-0.1, -0.05) is 46.8 Å². The maximum Gasteiger partial charge on any atom is 0.229 e. The largest absolute Gasteiger partial charge is 0.457 e. The molecule has 0 atom stereocenters. The van der Waals surface area contributed by atoms with Crippen LogP contribution in [0.1, 0.15) is 52.2 Å². The first kappa shape index (κ1) is 21.3. The minimum Gasteiger partial charge on any atom is -0.457 e. The molecule has 0 saturated heterocycles. The number of ether oxygens (including phenoxy) is 1. The molecule has 0 saturated carbocycles. The Bertz CT molecular complexity index is 892. The summed E-state index contributed by atoms with van der Waals surface area (Å²) in [4.78, 5) is 0. The maximum atomic E-state index is 11.4. The monoisotopic (exact) mass is 389 g/mol. The summed E-state index contributed by atoms with van der Waals surface area (Å²) in [6.07, 6.45) is 2.23. The minimum atomic E-state index is -3.29. The highest BCUT2D eigenvalue weighted by Gasteiger charge is 2.27. The Balaban J connectivity index is 2.14. The molecule has 0 unspecified atom stereocenters. The standard InChI is InChI=1S/C22H31NO3S/c1-16-14-19(12-13-20(16)23-27(7,24)25)26-18-10-8-17(9-11-18)22(5,6)15-21(2,3)4/h8-14,23H,15H2,1-7H3. The lowest BCUT2D eigenvalue weighted by molar-refractivity contribution is 0.284. The van der Waals surface area contributed by atoms with Crippen molar-refractivity contribution in [3.63, 3.8) is 0 Å². The highest BCUT2D eigenvalue weighted by Crippen LogP contribution is 2.37. The normalized spacial score (nSPS) is 12.7. The number of sulfonamides is 1. The topological polar surface area (TPSA) is 55.4 Å². The Morgan fingerprint density at radius 1 is 0.926 bits per heavy atom. The number of aryl methyl sites for hydroxylation is 1. The molecular formula is C22H31NO3S. The first-order valence-electron chi connectivity index (χ1n) is 9.12. The van der Waals surface area contributed by atoms with Crippen molar-refractivity contribution in [2.24, 2.45) is 5.41 Å². The van der Waals surface area contributed by atoms with E-state index in [0.717, 1.165) is 24.0 Å². The lowest BCUT2D eigenvalue weighted by Crippen LogP contribution is -2.24. The molecule has 2 rings (SSSR count). The van der Waals surface area contributed by atoms with Crippen molar-refractivity contribution in [3.8, 4) is 11.5 Å². The number of hydrogen-bond acceptors (Lipinski definition) is 3. The van der Waals surface area contributed by atoms with Crippen molar-refractivity contribution >= 4 is 15.7 Å².